The summed E-state index contributed by atoms with van der Waals surface area (Å²) < 4.78 is 44.6. The van der Waals surface area contributed by atoms with Crippen LogP contribution in [-0.2, 0) is 4.79 Å². The number of halogens is 3. The highest BCUT2D eigenvalue weighted by atomic mass is 19.4. The van der Waals surface area contributed by atoms with E-state index in [-0.39, 0.29) is 11.6 Å². The van der Waals surface area contributed by atoms with Gasteiger partial charge >= 0.3 is 12.1 Å². The summed E-state index contributed by atoms with van der Waals surface area (Å²) in [7, 11) is 0. The number of ether oxygens (including phenoxy) is 2. The Morgan fingerprint density at radius 3 is 2.21 bits per heavy atom. The number of carboxylic acids is 1. The number of anilines is 1. The second-order valence-corrected chi connectivity index (χ2v) is 6.80. The van der Waals surface area contributed by atoms with Crippen molar-refractivity contribution in [3.05, 3.63) is 59.9 Å². The zero-order valence-corrected chi connectivity index (χ0v) is 17.5. The number of benzene rings is 1. The molecular formula is C21H19F3N4O5. The van der Waals surface area contributed by atoms with E-state index in [1.807, 2.05) is 42.7 Å². The molecule has 0 saturated heterocycles. The van der Waals surface area contributed by atoms with Crippen LogP contribution in [-0.4, -0.2) is 50.9 Å². The Hall–Kier alpha value is -4.09. The SMILES string of the molecule is Cc1ncn(-c2ccc(NC(=O)c3cc4c(cn3)OCCO4)cc2)c1C.O=C(O)C(F)(F)F. The van der Waals surface area contributed by atoms with Crippen molar-refractivity contribution >= 4 is 17.6 Å². The van der Waals surface area contributed by atoms with Gasteiger partial charge in [-0.25, -0.2) is 14.8 Å². The molecule has 0 radical (unpaired) electrons. The van der Waals surface area contributed by atoms with E-state index in [1.54, 1.807) is 12.4 Å². The zero-order valence-electron chi connectivity index (χ0n) is 17.5. The van der Waals surface area contributed by atoms with Crippen LogP contribution in [0.15, 0.2) is 42.9 Å². The van der Waals surface area contributed by atoms with Crippen LogP contribution in [0.1, 0.15) is 21.9 Å². The highest BCUT2D eigenvalue weighted by Gasteiger charge is 2.38. The van der Waals surface area contributed by atoms with Crippen molar-refractivity contribution in [3.8, 4) is 17.2 Å². The lowest BCUT2D eigenvalue weighted by Gasteiger charge is -2.18. The van der Waals surface area contributed by atoms with Crippen molar-refractivity contribution in [2.45, 2.75) is 20.0 Å². The molecule has 12 heteroatoms. The summed E-state index contributed by atoms with van der Waals surface area (Å²) in [5, 5.41) is 9.97. The molecule has 0 spiro atoms. The summed E-state index contributed by atoms with van der Waals surface area (Å²) in [5.41, 5.74) is 4.03. The number of nitrogens with zero attached hydrogens (tertiary/aromatic N) is 3. The molecule has 2 N–H and O–H groups in total. The molecule has 1 amide bonds. The van der Waals surface area contributed by atoms with Crippen molar-refractivity contribution in [2.75, 3.05) is 18.5 Å². The Labute approximate surface area is 185 Å². The lowest BCUT2D eigenvalue weighted by Crippen LogP contribution is -2.21. The third kappa shape index (κ3) is 5.79. The molecule has 4 rings (SSSR count). The number of carbonyl (C=O) groups excluding carboxylic acids is 1. The first kappa shape index (κ1) is 23.6. The number of nitrogens with one attached hydrogen (secondary N) is 1. The van der Waals surface area contributed by atoms with Gasteiger partial charge in [-0.15, -0.1) is 0 Å². The predicted molar refractivity (Wildman–Crippen MR) is 110 cm³/mol. The molecule has 3 heterocycles. The van der Waals surface area contributed by atoms with Crippen LogP contribution in [0.4, 0.5) is 18.9 Å². The molecule has 0 atom stereocenters. The van der Waals surface area contributed by atoms with Gasteiger partial charge in [-0.1, -0.05) is 0 Å². The fourth-order valence-electron chi connectivity index (χ4n) is 2.73. The quantitative estimate of drug-likeness (QED) is 0.609. The fraction of sp³-hybridized carbons (Fsp3) is 0.238. The molecule has 174 valence electrons. The maximum atomic E-state index is 12.4. The van der Waals surface area contributed by atoms with Crippen molar-refractivity contribution in [1.29, 1.82) is 0 Å². The van der Waals surface area contributed by atoms with Gasteiger partial charge in [-0.3, -0.25) is 4.79 Å². The number of aryl methyl sites for hydroxylation is 1. The maximum absolute atomic E-state index is 12.4. The fourth-order valence-corrected chi connectivity index (χ4v) is 2.73. The minimum Gasteiger partial charge on any atom is -0.486 e. The van der Waals surface area contributed by atoms with Gasteiger partial charge in [0.25, 0.3) is 5.91 Å². The number of aromatic nitrogens is 3. The summed E-state index contributed by atoms with van der Waals surface area (Å²) in [6.45, 7) is 4.95. The maximum Gasteiger partial charge on any atom is 0.490 e. The van der Waals surface area contributed by atoms with Gasteiger partial charge in [0.15, 0.2) is 11.5 Å². The van der Waals surface area contributed by atoms with Crippen molar-refractivity contribution < 1.29 is 37.3 Å². The highest BCUT2D eigenvalue weighted by molar-refractivity contribution is 6.03. The molecule has 1 aliphatic heterocycles. The third-order valence-corrected chi connectivity index (χ3v) is 4.56. The molecule has 0 unspecified atom stereocenters. The van der Waals surface area contributed by atoms with Crippen LogP contribution in [0.5, 0.6) is 11.5 Å². The number of rotatable bonds is 3. The number of fused-ring (bicyclic) bond motifs is 1. The molecule has 33 heavy (non-hydrogen) atoms. The lowest BCUT2D eigenvalue weighted by molar-refractivity contribution is -0.192. The molecule has 0 aliphatic carbocycles. The second kappa shape index (κ2) is 9.59. The Balaban J connectivity index is 0.000000383. The first-order valence-corrected chi connectivity index (χ1v) is 9.54. The van der Waals surface area contributed by atoms with Gasteiger partial charge in [0.05, 0.1) is 18.2 Å². The number of carbonyl (C=O) groups is 2. The number of imidazole rings is 1. The van der Waals surface area contributed by atoms with E-state index in [0.717, 1.165) is 17.1 Å². The summed E-state index contributed by atoms with van der Waals surface area (Å²) >= 11 is 0. The van der Waals surface area contributed by atoms with Gasteiger partial charge in [0.2, 0.25) is 0 Å². The molecule has 0 fully saturated rings. The van der Waals surface area contributed by atoms with Crippen LogP contribution in [0.2, 0.25) is 0 Å². The van der Waals surface area contributed by atoms with E-state index >= 15 is 0 Å². The number of alkyl halides is 3. The minimum atomic E-state index is -5.08. The standard InChI is InChI=1S/C19H18N4O3.C2HF3O2/c1-12-13(2)23(11-21-12)15-5-3-14(4-6-15)22-19(24)16-9-17-18(10-20-16)26-8-7-25-17;3-2(4,5)1(6)7/h3-6,9-11H,7-8H2,1-2H3,(H,22,24);(H,6,7). The monoisotopic (exact) mass is 464 g/mol. The van der Waals surface area contributed by atoms with Crippen molar-refractivity contribution in [2.24, 2.45) is 0 Å². The summed E-state index contributed by atoms with van der Waals surface area (Å²) in [6.07, 6.45) is -1.78. The molecule has 0 saturated carbocycles. The van der Waals surface area contributed by atoms with Crippen molar-refractivity contribution in [1.82, 2.24) is 14.5 Å². The molecule has 0 bridgehead atoms. The number of pyridine rings is 1. The zero-order chi connectivity index (χ0) is 24.2. The van der Waals surface area contributed by atoms with Crippen LogP contribution in [0.25, 0.3) is 5.69 Å². The number of amides is 1. The average Bonchev–Trinajstić information content (AvgIpc) is 3.12. The Bertz CT molecular complexity index is 1160. The van der Waals surface area contributed by atoms with Crippen LogP contribution in [0.3, 0.4) is 0 Å². The summed E-state index contributed by atoms with van der Waals surface area (Å²) in [5.74, 6) is -1.96. The van der Waals surface area contributed by atoms with Gasteiger partial charge in [-0.2, -0.15) is 13.2 Å². The number of aliphatic carboxylic acids is 1. The average molecular weight is 464 g/mol. The Morgan fingerprint density at radius 1 is 1.06 bits per heavy atom. The van der Waals surface area contributed by atoms with E-state index in [9.17, 15) is 18.0 Å². The van der Waals surface area contributed by atoms with Crippen LogP contribution < -0.4 is 14.8 Å². The summed E-state index contributed by atoms with van der Waals surface area (Å²) in [4.78, 5) is 29.8. The number of hydrogen-bond donors (Lipinski definition) is 2. The van der Waals surface area contributed by atoms with Gasteiger partial charge in [-0.05, 0) is 38.1 Å². The first-order valence-electron chi connectivity index (χ1n) is 9.54. The van der Waals surface area contributed by atoms with Gasteiger partial charge < -0.3 is 24.5 Å². The molecule has 9 nitrogen and oxygen atoms in total. The highest BCUT2D eigenvalue weighted by Crippen LogP contribution is 2.29. The number of carboxylic acid groups (broad SMARTS) is 1. The van der Waals surface area contributed by atoms with Crippen LogP contribution in [0, 0.1) is 13.8 Å². The third-order valence-electron chi connectivity index (χ3n) is 4.56. The van der Waals surface area contributed by atoms with Crippen molar-refractivity contribution in [3.63, 3.8) is 0 Å². The molecular weight excluding hydrogens is 445 g/mol. The molecule has 1 aromatic carbocycles. The predicted octanol–water partition coefficient (Wildman–Crippen LogP) is 3.54. The second-order valence-electron chi connectivity index (χ2n) is 6.80. The normalized spacial score (nSPS) is 12.4. The molecule has 1 aliphatic rings. The smallest absolute Gasteiger partial charge is 0.486 e. The lowest BCUT2D eigenvalue weighted by atomic mass is 10.2. The summed E-state index contributed by atoms with van der Waals surface area (Å²) in [6, 6.07) is 9.15. The van der Waals surface area contributed by atoms with E-state index in [0.29, 0.717) is 30.4 Å². The minimum absolute atomic E-state index is 0.277. The van der Waals surface area contributed by atoms with E-state index in [2.05, 4.69) is 15.3 Å². The molecule has 2 aromatic heterocycles. The molecule has 3 aromatic rings. The van der Waals surface area contributed by atoms with Gasteiger partial charge in [0.1, 0.15) is 18.9 Å². The van der Waals surface area contributed by atoms with Crippen LogP contribution >= 0.6 is 0 Å². The van der Waals surface area contributed by atoms with E-state index < -0.39 is 12.1 Å². The van der Waals surface area contributed by atoms with E-state index in [4.69, 9.17) is 19.4 Å². The topological polar surface area (TPSA) is 116 Å². The van der Waals surface area contributed by atoms with E-state index in [1.165, 1.54) is 6.20 Å². The van der Waals surface area contributed by atoms with Gasteiger partial charge in [0, 0.05) is 23.1 Å². The number of hydrogen-bond acceptors (Lipinski definition) is 6. The Morgan fingerprint density at radius 2 is 1.67 bits per heavy atom. The first-order chi connectivity index (χ1) is 15.6. The largest absolute Gasteiger partial charge is 0.490 e. The Kier molecular flexibility index (Phi) is 6.85.